The van der Waals surface area contributed by atoms with E-state index < -0.39 is 23.5 Å². The van der Waals surface area contributed by atoms with Gasteiger partial charge in [0.1, 0.15) is 11.6 Å². The number of benzene rings is 3. The predicted octanol–water partition coefficient (Wildman–Crippen LogP) is 5.76. The quantitative estimate of drug-likeness (QED) is 0.319. The lowest BCUT2D eigenvalue weighted by molar-refractivity contribution is -0.132. The largest absolute Gasteiger partial charge is 0.507 e. The van der Waals surface area contributed by atoms with E-state index in [-0.39, 0.29) is 26.9 Å². The lowest BCUT2D eigenvalue weighted by Crippen LogP contribution is -2.29. The number of halogens is 3. The summed E-state index contributed by atoms with van der Waals surface area (Å²) in [5, 5.41) is 11.5. The van der Waals surface area contributed by atoms with Gasteiger partial charge < -0.3 is 5.11 Å². The molecule has 3 aromatic rings. The van der Waals surface area contributed by atoms with Crippen molar-refractivity contribution in [1.82, 2.24) is 0 Å². The molecule has 0 aliphatic carbocycles. The molecule has 7 heteroatoms. The molecule has 1 unspecified atom stereocenters. The smallest absolute Gasteiger partial charge is 0.300 e. The molecule has 1 N–H and O–H groups in total. The van der Waals surface area contributed by atoms with Crippen molar-refractivity contribution in [1.29, 1.82) is 0 Å². The van der Waals surface area contributed by atoms with Crippen LogP contribution in [0.25, 0.3) is 5.76 Å². The highest BCUT2D eigenvalue weighted by Crippen LogP contribution is 2.42. The van der Waals surface area contributed by atoms with E-state index in [9.17, 15) is 19.1 Å². The lowest BCUT2D eigenvalue weighted by Gasteiger charge is -2.25. The van der Waals surface area contributed by atoms with Gasteiger partial charge in [0.15, 0.2) is 0 Å². The van der Waals surface area contributed by atoms with Gasteiger partial charge in [-0.05, 0) is 48.0 Å². The van der Waals surface area contributed by atoms with E-state index in [0.29, 0.717) is 11.3 Å². The second-order valence-electron chi connectivity index (χ2n) is 6.69. The monoisotopic (exact) mass is 441 g/mol. The van der Waals surface area contributed by atoms with E-state index in [2.05, 4.69) is 0 Å². The molecule has 4 rings (SSSR count). The number of anilines is 1. The van der Waals surface area contributed by atoms with Crippen LogP contribution in [0.5, 0.6) is 0 Å². The zero-order chi connectivity index (χ0) is 21.4. The fourth-order valence-electron chi connectivity index (χ4n) is 3.45. The van der Waals surface area contributed by atoms with Gasteiger partial charge in [0.25, 0.3) is 11.7 Å². The first-order valence-corrected chi connectivity index (χ1v) is 9.71. The SMILES string of the molecule is O=C1C(=O)N(c2ccccc2)C(c2ccc(F)cc2)/C1=C(/O)c1ccc(Cl)c(Cl)c1. The molecule has 1 atom stereocenters. The van der Waals surface area contributed by atoms with Crippen molar-refractivity contribution >= 4 is 46.3 Å². The number of ketones is 1. The molecular formula is C23H14Cl2FNO3. The Morgan fingerprint density at radius 2 is 1.57 bits per heavy atom. The summed E-state index contributed by atoms with van der Waals surface area (Å²) in [4.78, 5) is 27.2. The lowest BCUT2D eigenvalue weighted by atomic mass is 9.95. The fraction of sp³-hybridized carbons (Fsp3) is 0.0435. The van der Waals surface area contributed by atoms with Crippen molar-refractivity contribution in [2.24, 2.45) is 0 Å². The Hall–Kier alpha value is -3.15. The molecule has 0 bridgehead atoms. The van der Waals surface area contributed by atoms with Gasteiger partial charge in [-0.25, -0.2) is 4.39 Å². The topological polar surface area (TPSA) is 57.6 Å². The predicted molar refractivity (Wildman–Crippen MR) is 114 cm³/mol. The van der Waals surface area contributed by atoms with Crippen LogP contribution in [0.15, 0.2) is 78.4 Å². The molecule has 0 spiro atoms. The van der Waals surface area contributed by atoms with Gasteiger partial charge in [0.05, 0.1) is 21.7 Å². The summed E-state index contributed by atoms with van der Waals surface area (Å²) in [5.41, 5.74) is 1.07. The summed E-state index contributed by atoms with van der Waals surface area (Å²) in [5.74, 6) is -2.49. The van der Waals surface area contributed by atoms with E-state index in [1.54, 1.807) is 30.3 Å². The van der Waals surface area contributed by atoms with Gasteiger partial charge >= 0.3 is 0 Å². The molecule has 0 radical (unpaired) electrons. The van der Waals surface area contributed by atoms with Gasteiger partial charge in [-0.15, -0.1) is 0 Å². The Labute approximate surface area is 181 Å². The van der Waals surface area contributed by atoms with Crippen LogP contribution in [0.3, 0.4) is 0 Å². The molecule has 3 aromatic carbocycles. The van der Waals surface area contributed by atoms with Gasteiger partial charge in [0.2, 0.25) is 0 Å². The number of aliphatic hydroxyl groups is 1. The van der Waals surface area contributed by atoms with Crippen LogP contribution in [0.4, 0.5) is 10.1 Å². The third-order valence-electron chi connectivity index (χ3n) is 4.86. The third kappa shape index (κ3) is 3.47. The number of carbonyl (C=O) groups is 2. The Kier molecular flexibility index (Phi) is 5.33. The zero-order valence-electron chi connectivity index (χ0n) is 15.4. The van der Waals surface area contributed by atoms with Gasteiger partial charge in [-0.1, -0.05) is 53.5 Å². The van der Waals surface area contributed by atoms with Crippen LogP contribution < -0.4 is 4.90 Å². The van der Waals surface area contributed by atoms with E-state index in [1.165, 1.54) is 47.4 Å². The van der Waals surface area contributed by atoms with E-state index in [0.717, 1.165) is 0 Å². The first kappa shape index (κ1) is 20.1. The Morgan fingerprint density at radius 3 is 2.20 bits per heavy atom. The molecule has 4 nitrogen and oxygen atoms in total. The minimum absolute atomic E-state index is 0.117. The van der Waals surface area contributed by atoms with Crippen molar-refractivity contribution in [3.8, 4) is 0 Å². The molecule has 0 saturated carbocycles. The first-order chi connectivity index (χ1) is 14.4. The summed E-state index contributed by atoms with van der Waals surface area (Å²) in [6.45, 7) is 0. The Bertz CT molecular complexity index is 1180. The van der Waals surface area contributed by atoms with Crippen LogP contribution in [0.2, 0.25) is 10.0 Å². The molecule has 1 saturated heterocycles. The van der Waals surface area contributed by atoms with Crippen LogP contribution in [0, 0.1) is 5.82 Å². The second kappa shape index (κ2) is 7.94. The highest BCUT2D eigenvalue weighted by atomic mass is 35.5. The first-order valence-electron chi connectivity index (χ1n) is 8.95. The molecule has 1 fully saturated rings. The summed E-state index contributed by atoms with van der Waals surface area (Å²) in [7, 11) is 0. The molecule has 1 heterocycles. The van der Waals surface area contributed by atoms with Crippen LogP contribution in [-0.2, 0) is 9.59 Å². The number of hydrogen-bond donors (Lipinski definition) is 1. The number of rotatable bonds is 3. The Morgan fingerprint density at radius 1 is 0.900 bits per heavy atom. The highest BCUT2D eigenvalue weighted by Gasteiger charge is 2.46. The maximum absolute atomic E-state index is 13.5. The number of carbonyl (C=O) groups excluding carboxylic acids is 2. The van der Waals surface area contributed by atoms with Gasteiger partial charge in [0, 0.05) is 11.3 Å². The molecule has 0 aromatic heterocycles. The molecule has 1 aliphatic heterocycles. The van der Waals surface area contributed by atoms with Crippen LogP contribution in [0.1, 0.15) is 17.2 Å². The molecular weight excluding hydrogens is 428 g/mol. The number of para-hydroxylation sites is 1. The molecule has 30 heavy (non-hydrogen) atoms. The number of amides is 1. The summed E-state index contributed by atoms with van der Waals surface area (Å²) in [6.07, 6.45) is 0. The minimum atomic E-state index is -0.942. The van der Waals surface area contributed by atoms with Gasteiger partial charge in [-0.2, -0.15) is 0 Å². The van der Waals surface area contributed by atoms with Crippen molar-refractivity contribution < 1.29 is 19.1 Å². The Balaban J connectivity index is 1.95. The highest BCUT2D eigenvalue weighted by molar-refractivity contribution is 6.51. The average Bonchev–Trinajstić information content (AvgIpc) is 3.01. The second-order valence-corrected chi connectivity index (χ2v) is 7.50. The summed E-state index contributed by atoms with van der Waals surface area (Å²) < 4.78 is 13.5. The summed E-state index contributed by atoms with van der Waals surface area (Å²) >= 11 is 12.0. The summed E-state index contributed by atoms with van der Waals surface area (Å²) in [6, 6.07) is 17.5. The van der Waals surface area contributed by atoms with E-state index >= 15 is 0 Å². The number of aliphatic hydroxyl groups excluding tert-OH is 1. The van der Waals surface area contributed by atoms with Crippen molar-refractivity contribution in [3.63, 3.8) is 0 Å². The minimum Gasteiger partial charge on any atom is -0.507 e. The normalized spacial score (nSPS) is 18.1. The molecule has 150 valence electrons. The average molecular weight is 442 g/mol. The van der Waals surface area contributed by atoms with E-state index in [4.69, 9.17) is 23.2 Å². The van der Waals surface area contributed by atoms with Crippen molar-refractivity contribution in [3.05, 3.63) is 105 Å². The fourth-order valence-corrected chi connectivity index (χ4v) is 3.74. The van der Waals surface area contributed by atoms with E-state index in [1.807, 2.05) is 0 Å². The zero-order valence-corrected chi connectivity index (χ0v) is 16.9. The molecule has 1 aliphatic rings. The van der Waals surface area contributed by atoms with Gasteiger partial charge in [-0.3, -0.25) is 14.5 Å². The molecule has 1 amide bonds. The van der Waals surface area contributed by atoms with Crippen LogP contribution in [-0.4, -0.2) is 16.8 Å². The maximum Gasteiger partial charge on any atom is 0.300 e. The number of nitrogens with zero attached hydrogens (tertiary/aromatic N) is 1. The maximum atomic E-state index is 13.5. The van der Waals surface area contributed by atoms with Crippen molar-refractivity contribution in [2.75, 3.05) is 4.90 Å². The number of hydrogen-bond acceptors (Lipinski definition) is 3. The van der Waals surface area contributed by atoms with Crippen LogP contribution >= 0.6 is 23.2 Å². The number of Topliss-reactive ketones (excluding diaryl/α,β-unsaturated/α-hetero) is 1. The standard InChI is InChI=1S/C23H14Cl2FNO3/c24-17-11-8-14(12-18(17)25)21(28)19-20(13-6-9-15(26)10-7-13)27(23(30)22(19)29)16-4-2-1-3-5-16/h1-12,20,28H/b21-19-. The third-order valence-corrected chi connectivity index (χ3v) is 5.60. The van der Waals surface area contributed by atoms with Crippen molar-refractivity contribution in [2.45, 2.75) is 6.04 Å².